The molecular weight excluding hydrogens is 354 g/mol. The Morgan fingerprint density at radius 3 is 2.54 bits per heavy atom. The Morgan fingerprint density at radius 2 is 1.79 bits per heavy atom. The highest BCUT2D eigenvalue weighted by Gasteiger charge is 2.11. The number of nitrogens with zero attached hydrogens (tertiary/aromatic N) is 3. The van der Waals surface area contributed by atoms with Crippen LogP contribution in [0.4, 0.5) is 0 Å². The quantitative estimate of drug-likeness (QED) is 0.527. The van der Waals surface area contributed by atoms with Gasteiger partial charge in [0.1, 0.15) is 11.2 Å². The van der Waals surface area contributed by atoms with E-state index in [2.05, 4.69) is 20.4 Å². The van der Waals surface area contributed by atoms with Crippen molar-refractivity contribution in [1.82, 2.24) is 25.1 Å². The van der Waals surface area contributed by atoms with Gasteiger partial charge in [0.2, 0.25) is 5.91 Å². The van der Waals surface area contributed by atoms with E-state index in [4.69, 9.17) is 0 Å². The molecule has 2 heterocycles. The summed E-state index contributed by atoms with van der Waals surface area (Å²) in [4.78, 5) is 31.5. The molecule has 4 rings (SSSR count). The van der Waals surface area contributed by atoms with E-state index in [0.29, 0.717) is 16.9 Å². The van der Waals surface area contributed by atoms with Crippen LogP contribution in [0.2, 0.25) is 0 Å². The third kappa shape index (κ3) is 3.73. The fraction of sp³-hybridized carbons (Fsp3) is 0.0476. The first-order valence-electron chi connectivity index (χ1n) is 8.74. The first kappa shape index (κ1) is 17.4. The van der Waals surface area contributed by atoms with Gasteiger partial charge < -0.3 is 10.3 Å². The van der Waals surface area contributed by atoms with Gasteiger partial charge in [0.05, 0.1) is 18.4 Å². The second kappa shape index (κ2) is 7.71. The highest BCUT2D eigenvalue weighted by Crippen LogP contribution is 2.13. The van der Waals surface area contributed by atoms with E-state index in [1.807, 2.05) is 60.7 Å². The van der Waals surface area contributed by atoms with Crippen LogP contribution in [0.3, 0.4) is 0 Å². The van der Waals surface area contributed by atoms with Gasteiger partial charge in [-0.05, 0) is 23.8 Å². The third-order valence-electron chi connectivity index (χ3n) is 4.14. The van der Waals surface area contributed by atoms with Gasteiger partial charge in [-0.15, -0.1) is 0 Å². The van der Waals surface area contributed by atoms with Gasteiger partial charge in [0, 0.05) is 6.08 Å². The largest absolute Gasteiger partial charge is 0.345 e. The molecule has 0 aliphatic rings. The van der Waals surface area contributed by atoms with Gasteiger partial charge >= 0.3 is 0 Å². The maximum absolute atomic E-state index is 12.3. The van der Waals surface area contributed by atoms with Crippen molar-refractivity contribution in [3.05, 3.63) is 94.7 Å². The Kier molecular flexibility index (Phi) is 4.79. The normalized spacial score (nSPS) is 11.1. The van der Waals surface area contributed by atoms with E-state index in [1.165, 1.54) is 12.3 Å². The lowest BCUT2D eigenvalue weighted by Crippen LogP contribution is -2.24. The lowest BCUT2D eigenvalue weighted by Gasteiger charge is -2.05. The Bertz CT molecular complexity index is 1190. The predicted octanol–water partition coefficient (Wildman–Crippen LogP) is 2.44. The van der Waals surface area contributed by atoms with Gasteiger partial charge in [-0.25, -0.2) is 9.67 Å². The van der Waals surface area contributed by atoms with Crippen molar-refractivity contribution in [3.63, 3.8) is 0 Å². The zero-order chi connectivity index (χ0) is 19.3. The molecule has 2 aromatic carbocycles. The summed E-state index contributed by atoms with van der Waals surface area (Å²) in [5.41, 5.74) is 1.88. The van der Waals surface area contributed by atoms with Crippen molar-refractivity contribution < 1.29 is 4.79 Å². The van der Waals surface area contributed by atoms with E-state index >= 15 is 0 Å². The highest BCUT2D eigenvalue weighted by molar-refractivity contribution is 5.91. The first-order valence-corrected chi connectivity index (χ1v) is 8.74. The molecule has 0 bridgehead atoms. The summed E-state index contributed by atoms with van der Waals surface area (Å²) in [7, 11) is 0. The molecule has 2 aromatic heterocycles. The molecule has 1 amide bonds. The Labute approximate surface area is 160 Å². The molecule has 0 aliphatic heterocycles. The van der Waals surface area contributed by atoms with Crippen LogP contribution in [0.1, 0.15) is 11.4 Å². The van der Waals surface area contributed by atoms with E-state index in [1.54, 1.807) is 10.8 Å². The van der Waals surface area contributed by atoms with Crippen LogP contribution in [0, 0.1) is 0 Å². The lowest BCUT2D eigenvalue weighted by molar-refractivity contribution is -0.116. The van der Waals surface area contributed by atoms with Gasteiger partial charge in [-0.2, -0.15) is 5.10 Å². The van der Waals surface area contributed by atoms with Crippen LogP contribution in [0.15, 0.2) is 77.7 Å². The molecule has 0 radical (unpaired) electrons. The number of aromatic nitrogens is 4. The fourth-order valence-electron chi connectivity index (χ4n) is 2.77. The maximum atomic E-state index is 12.3. The number of hydrogen-bond acceptors (Lipinski definition) is 4. The van der Waals surface area contributed by atoms with Crippen molar-refractivity contribution in [3.8, 4) is 5.69 Å². The number of H-pyrrole nitrogens is 1. The molecule has 0 saturated heterocycles. The van der Waals surface area contributed by atoms with Crippen molar-refractivity contribution in [2.45, 2.75) is 6.54 Å². The Balaban J connectivity index is 1.54. The van der Waals surface area contributed by atoms with Gasteiger partial charge in [0.15, 0.2) is 5.65 Å². The van der Waals surface area contributed by atoms with E-state index in [9.17, 15) is 9.59 Å². The third-order valence-corrected chi connectivity index (χ3v) is 4.14. The number of hydrogen-bond donors (Lipinski definition) is 2. The summed E-state index contributed by atoms with van der Waals surface area (Å²) in [5.74, 6) is 0.0832. The number of amides is 1. The molecule has 2 N–H and O–H groups in total. The first-order chi connectivity index (χ1) is 13.7. The molecule has 28 heavy (non-hydrogen) atoms. The number of nitrogens with one attached hydrogen (secondary N) is 2. The van der Waals surface area contributed by atoms with Crippen LogP contribution in [-0.4, -0.2) is 25.7 Å². The van der Waals surface area contributed by atoms with Gasteiger partial charge in [0.25, 0.3) is 5.56 Å². The van der Waals surface area contributed by atoms with Crippen LogP contribution < -0.4 is 10.9 Å². The van der Waals surface area contributed by atoms with E-state index in [-0.39, 0.29) is 18.0 Å². The van der Waals surface area contributed by atoms with Crippen molar-refractivity contribution in [2.24, 2.45) is 0 Å². The molecule has 0 spiro atoms. The predicted molar refractivity (Wildman–Crippen MR) is 107 cm³/mol. The minimum atomic E-state index is -0.295. The zero-order valence-corrected chi connectivity index (χ0v) is 14.9. The summed E-state index contributed by atoms with van der Waals surface area (Å²) in [5, 5.41) is 7.38. The number of para-hydroxylation sites is 1. The molecule has 7 heteroatoms. The number of benzene rings is 2. The summed E-state index contributed by atoms with van der Waals surface area (Å²) in [6, 6.07) is 19.0. The number of fused-ring (bicyclic) bond motifs is 1. The van der Waals surface area contributed by atoms with Crippen LogP contribution in [-0.2, 0) is 11.3 Å². The van der Waals surface area contributed by atoms with E-state index < -0.39 is 0 Å². The average molecular weight is 371 g/mol. The highest BCUT2D eigenvalue weighted by atomic mass is 16.1. The Morgan fingerprint density at radius 1 is 1.07 bits per heavy atom. The second-order valence-electron chi connectivity index (χ2n) is 6.10. The van der Waals surface area contributed by atoms with Crippen molar-refractivity contribution in [2.75, 3.05) is 0 Å². The smallest absolute Gasteiger partial charge is 0.262 e. The molecule has 4 aromatic rings. The average Bonchev–Trinajstić information content (AvgIpc) is 3.17. The van der Waals surface area contributed by atoms with Crippen LogP contribution >= 0.6 is 0 Å². The summed E-state index contributed by atoms with van der Waals surface area (Å²) in [6.45, 7) is 0.100. The van der Waals surface area contributed by atoms with Crippen molar-refractivity contribution >= 4 is 23.0 Å². The number of aromatic amines is 1. The topological polar surface area (TPSA) is 92.7 Å². The van der Waals surface area contributed by atoms with E-state index in [0.717, 1.165) is 11.3 Å². The summed E-state index contributed by atoms with van der Waals surface area (Å²) < 4.78 is 1.60. The number of carbonyl (C=O) groups excluding carboxylic acids is 1. The molecule has 0 aliphatic carbocycles. The monoisotopic (exact) mass is 371 g/mol. The maximum Gasteiger partial charge on any atom is 0.262 e. The SMILES string of the molecule is O=C(/C=C/c1ccccc1)NCc1nc2c(cnn2-c2ccccc2)c(=O)[nH]1. The van der Waals surface area contributed by atoms with Crippen LogP contribution in [0.25, 0.3) is 22.8 Å². The van der Waals surface area contributed by atoms with Crippen LogP contribution in [0.5, 0.6) is 0 Å². The molecule has 0 saturated carbocycles. The fourth-order valence-corrected chi connectivity index (χ4v) is 2.77. The summed E-state index contributed by atoms with van der Waals surface area (Å²) in [6.07, 6.45) is 4.65. The summed E-state index contributed by atoms with van der Waals surface area (Å²) >= 11 is 0. The molecule has 138 valence electrons. The number of rotatable bonds is 5. The molecule has 0 unspecified atom stereocenters. The molecule has 7 nitrogen and oxygen atoms in total. The number of carbonyl (C=O) groups is 1. The van der Waals surface area contributed by atoms with Crippen molar-refractivity contribution in [1.29, 1.82) is 0 Å². The lowest BCUT2D eigenvalue weighted by atomic mass is 10.2. The molecule has 0 atom stereocenters. The standard InChI is InChI=1S/C21H17N5O2/c27-19(12-11-15-7-3-1-4-8-15)22-14-18-24-20-17(21(28)25-18)13-23-26(20)16-9-5-2-6-10-16/h1-13H,14H2,(H,22,27)(H,24,25,28)/b12-11+. The molecule has 0 fully saturated rings. The zero-order valence-electron chi connectivity index (χ0n) is 14.9. The van der Waals surface area contributed by atoms with Gasteiger partial charge in [-0.1, -0.05) is 48.5 Å². The van der Waals surface area contributed by atoms with Gasteiger partial charge in [-0.3, -0.25) is 9.59 Å². The second-order valence-corrected chi connectivity index (χ2v) is 6.10. The minimum absolute atomic E-state index is 0.100. The Hall–Kier alpha value is -4.00. The molecular formula is C21H17N5O2. The minimum Gasteiger partial charge on any atom is -0.345 e.